The summed E-state index contributed by atoms with van der Waals surface area (Å²) >= 11 is 13.6. The summed E-state index contributed by atoms with van der Waals surface area (Å²) in [6.07, 6.45) is 0. The Hall–Kier alpha value is 0.0400. The van der Waals surface area contributed by atoms with Crippen molar-refractivity contribution in [2.75, 3.05) is 11.5 Å². The zero-order valence-corrected chi connectivity index (χ0v) is 11.1. The maximum Gasteiger partial charge on any atom is 0.142 e. The van der Waals surface area contributed by atoms with Crippen LogP contribution in [0.3, 0.4) is 0 Å². The van der Waals surface area contributed by atoms with Gasteiger partial charge in [0.1, 0.15) is 5.82 Å². The molecule has 2 atom stereocenters. The third-order valence-corrected chi connectivity index (χ3v) is 4.47. The standard InChI is InChI=1S/C11H12Cl2FNS/c1-6-4-16-5-11(15-6)7-2-10(14)9(13)3-8(7)12/h2-3,6,11,15H,4-5H2,1H3. The molecule has 0 radical (unpaired) electrons. The molecule has 0 amide bonds. The molecule has 0 bridgehead atoms. The topological polar surface area (TPSA) is 12.0 Å². The van der Waals surface area contributed by atoms with Gasteiger partial charge in [-0.15, -0.1) is 0 Å². The zero-order valence-electron chi connectivity index (χ0n) is 8.77. The van der Waals surface area contributed by atoms with Gasteiger partial charge in [0.2, 0.25) is 0 Å². The van der Waals surface area contributed by atoms with E-state index in [0.29, 0.717) is 11.1 Å². The lowest BCUT2D eigenvalue weighted by Gasteiger charge is -2.29. The molecule has 1 aliphatic rings. The van der Waals surface area contributed by atoms with Crippen LogP contribution in [0.1, 0.15) is 18.5 Å². The van der Waals surface area contributed by atoms with Gasteiger partial charge in [-0.3, -0.25) is 0 Å². The molecule has 1 heterocycles. The maximum absolute atomic E-state index is 13.4. The van der Waals surface area contributed by atoms with E-state index in [0.717, 1.165) is 17.1 Å². The van der Waals surface area contributed by atoms with E-state index >= 15 is 0 Å². The fraction of sp³-hybridized carbons (Fsp3) is 0.455. The van der Waals surface area contributed by atoms with E-state index in [1.807, 2.05) is 11.8 Å². The monoisotopic (exact) mass is 279 g/mol. The summed E-state index contributed by atoms with van der Waals surface area (Å²) < 4.78 is 13.4. The summed E-state index contributed by atoms with van der Waals surface area (Å²) in [4.78, 5) is 0. The Bertz CT molecular complexity index is 400. The van der Waals surface area contributed by atoms with Crippen molar-refractivity contribution in [3.63, 3.8) is 0 Å². The van der Waals surface area contributed by atoms with Crippen LogP contribution in [-0.2, 0) is 0 Å². The van der Waals surface area contributed by atoms with E-state index in [9.17, 15) is 4.39 Å². The van der Waals surface area contributed by atoms with Gasteiger partial charge in [-0.1, -0.05) is 23.2 Å². The molecule has 0 saturated carbocycles. The Morgan fingerprint density at radius 3 is 2.75 bits per heavy atom. The minimum atomic E-state index is -0.411. The fourth-order valence-electron chi connectivity index (χ4n) is 1.79. The summed E-state index contributed by atoms with van der Waals surface area (Å²) in [6.45, 7) is 2.11. The SMILES string of the molecule is CC1CSCC(c2cc(F)c(Cl)cc2Cl)N1. The predicted molar refractivity (Wildman–Crippen MR) is 69.1 cm³/mol. The summed E-state index contributed by atoms with van der Waals surface area (Å²) in [6, 6.07) is 3.42. The van der Waals surface area contributed by atoms with Crippen molar-refractivity contribution < 1.29 is 4.39 Å². The minimum Gasteiger partial charge on any atom is -0.306 e. The molecule has 1 aromatic carbocycles. The average Bonchev–Trinajstić information content (AvgIpc) is 2.23. The second-order valence-electron chi connectivity index (χ2n) is 3.95. The molecule has 1 aliphatic heterocycles. The van der Waals surface area contributed by atoms with Crippen LogP contribution in [0.15, 0.2) is 12.1 Å². The minimum absolute atomic E-state index is 0.0743. The summed E-state index contributed by atoms with van der Waals surface area (Å²) in [5.41, 5.74) is 0.794. The van der Waals surface area contributed by atoms with Gasteiger partial charge >= 0.3 is 0 Å². The first kappa shape index (κ1) is 12.5. The van der Waals surface area contributed by atoms with Gasteiger partial charge in [-0.25, -0.2) is 4.39 Å². The van der Waals surface area contributed by atoms with Crippen LogP contribution < -0.4 is 5.32 Å². The highest BCUT2D eigenvalue weighted by Gasteiger charge is 2.22. The Labute approximate surface area is 109 Å². The summed E-state index contributed by atoms with van der Waals surface area (Å²) in [5.74, 6) is 1.57. The van der Waals surface area contributed by atoms with Crippen molar-refractivity contribution in [3.05, 3.63) is 33.6 Å². The highest BCUT2D eigenvalue weighted by Crippen LogP contribution is 2.32. The number of rotatable bonds is 1. The fourth-order valence-corrected chi connectivity index (χ4v) is 3.40. The largest absolute Gasteiger partial charge is 0.306 e. The Kier molecular flexibility index (Phi) is 4.01. The van der Waals surface area contributed by atoms with E-state index in [2.05, 4.69) is 12.2 Å². The molecule has 0 aromatic heterocycles. The molecule has 5 heteroatoms. The molecule has 1 aromatic rings. The zero-order chi connectivity index (χ0) is 11.7. The molecule has 1 nitrogen and oxygen atoms in total. The van der Waals surface area contributed by atoms with Gasteiger partial charge in [-0.2, -0.15) is 11.8 Å². The number of hydrogen-bond acceptors (Lipinski definition) is 2. The smallest absolute Gasteiger partial charge is 0.142 e. The summed E-state index contributed by atoms with van der Waals surface area (Å²) in [7, 11) is 0. The van der Waals surface area contributed by atoms with Crippen molar-refractivity contribution in [1.29, 1.82) is 0 Å². The van der Waals surface area contributed by atoms with Gasteiger partial charge in [-0.05, 0) is 24.6 Å². The molecular formula is C11H12Cl2FNS. The summed E-state index contributed by atoms with van der Waals surface area (Å²) in [5, 5.41) is 4.01. The van der Waals surface area contributed by atoms with Crippen molar-refractivity contribution in [3.8, 4) is 0 Å². The van der Waals surface area contributed by atoms with Gasteiger partial charge in [0.15, 0.2) is 0 Å². The second kappa shape index (κ2) is 5.13. The Balaban J connectivity index is 2.29. The molecule has 2 unspecified atom stereocenters. The first-order valence-corrected chi connectivity index (χ1v) is 6.97. The molecule has 0 spiro atoms. The van der Waals surface area contributed by atoms with Crippen LogP contribution in [0, 0.1) is 5.82 Å². The first-order chi connectivity index (χ1) is 7.58. The highest BCUT2D eigenvalue weighted by atomic mass is 35.5. The van der Waals surface area contributed by atoms with Gasteiger partial charge in [0.25, 0.3) is 0 Å². The molecule has 1 fully saturated rings. The lowest BCUT2D eigenvalue weighted by atomic mass is 10.1. The number of hydrogen-bond donors (Lipinski definition) is 1. The van der Waals surface area contributed by atoms with Crippen LogP contribution >= 0.6 is 35.0 Å². The van der Waals surface area contributed by atoms with Gasteiger partial charge < -0.3 is 5.32 Å². The maximum atomic E-state index is 13.4. The van der Waals surface area contributed by atoms with Crippen molar-refractivity contribution in [2.45, 2.75) is 19.0 Å². The van der Waals surface area contributed by atoms with Crippen molar-refractivity contribution in [2.24, 2.45) is 0 Å². The lowest BCUT2D eigenvalue weighted by Crippen LogP contribution is -2.38. The predicted octanol–water partition coefficient (Wildman–Crippen LogP) is 3.90. The van der Waals surface area contributed by atoms with Crippen molar-refractivity contribution in [1.82, 2.24) is 5.32 Å². The highest BCUT2D eigenvalue weighted by molar-refractivity contribution is 7.99. The van der Waals surface area contributed by atoms with E-state index < -0.39 is 5.82 Å². The van der Waals surface area contributed by atoms with Gasteiger partial charge in [0, 0.05) is 28.6 Å². The average molecular weight is 280 g/mol. The van der Waals surface area contributed by atoms with Crippen LogP contribution in [0.5, 0.6) is 0 Å². The molecule has 2 rings (SSSR count). The third-order valence-electron chi connectivity index (χ3n) is 2.55. The van der Waals surface area contributed by atoms with Crippen LogP contribution in [0.25, 0.3) is 0 Å². The normalized spacial score (nSPS) is 25.8. The Morgan fingerprint density at radius 1 is 1.31 bits per heavy atom. The molecule has 1 saturated heterocycles. The van der Waals surface area contributed by atoms with Crippen LogP contribution in [0.4, 0.5) is 4.39 Å². The number of halogens is 3. The van der Waals surface area contributed by atoms with Gasteiger partial charge in [0.05, 0.1) is 5.02 Å². The number of benzene rings is 1. The molecule has 16 heavy (non-hydrogen) atoms. The van der Waals surface area contributed by atoms with Crippen LogP contribution in [0.2, 0.25) is 10.0 Å². The van der Waals surface area contributed by atoms with Crippen LogP contribution in [-0.4, -0.2) is 17.5 Å². The second-order valence-corrected chi connectivity index (χ2v) is 5.83. The Morgan fingerprint density at radius 2 is 2.06 bits per heavy atom. The molecule has 88 valence electrons. The number of nitrogens with one attached hydrogen (secondary N) is 1. The van der Waals surface area contributed by atoms with E-state index in [4.69, 9.17) is 23.2 Å². The first-order valence-electron chi connectivity index (χ1n) is 5.06. The van der Waals surface area contributed by atoms with E-state index in [1.54, 1.807) is 0 Å². The quantitative estimate of drug-likeness (QED) is 0.783. The molecular weight excluding hydrogens is 268 g/mol. The molecule has 0 aliphatic carbocycles. The van der Waals surface area contributed by atoms with Crippen molar-refractivity contribution >= 4 is 35.0 Å². The molecule has 1 N–H and O–H groups in total. The van der Waals surface area contributed by atoms with E-state index in [1.165, 1.54) is 12.1 Å². The van der Waals surface area contributed by atoms with E-state index in [-0.39, 0.29) is 11.1 Å². The number of thioether (sulfide) groups is 1. The third kappa shape index (κ3) is 2.65. The lowest BCUT2D eigenvalue weighted by molar-refractivity contribution is 0.499.